The highest BCUT2D eigenvalue weighted by molar-refractivity contribution is 5.80. The average molecular weight is 212 g/mol. The number of likely N-dealkylation sites (tertiary alicyclic amines) is 1. The van der Waals surface area contributed by atoms with E-state index in [9.17, 15) is 4.79 Å². The lowest BCUT2D eigenvalue weighted by Crippen LogP contribution is -2.37. The Morgan fingerprint density at radius 1 is 1.47 bits per heavy atom. The third kappa shape index (κ3) is 2.16. The maximum absolute atomic E-state index is 12.1. The number of hydrogen-bond donors (Lipinski definition) is 1. The highest BCUT2D eigenvalue weighted by atomic mass is 16.5. The minimum atomic E-state index is 0.181. The summed E-state index contributed by atoms with van der Waals surface area (Å²) in [6.45, 7) is 5.59. The SMILES string of the molecule is COC1CCN(C(=O)C2CNCC2C)C1. The van der Waals surface area contributed by atoms with E-state index in [2.05, 4.69) is 12.2 Å². The van der Waals surface area contributed by atoms with Crippen LogP contribution < -0.4 is 5.32 Å². The molecule has 2 fully saturated rings. The van der Waals surface area contributed by atoms with Gasteiger partial charge in [0.25, 0.3) is 0 Å². The molecule has 0 radical (unpaired) electrons. The second kappa shape index (κ2) is 4.49. The smallest absolute Gasteiger partial charge is 0.227 e. The van der Waals surface area contributed by atoms with E-state index < -0.39 is 0 Å². The van der Waals surface area contributed by atoms with E-state index in [-0.39, 0.29) is 12.0 Å². The lowest BCUT2D eigenvalue weighted by Gasteiger charge is -2.22. The molecule has 0 spiro atoms. The average Bonchev–Trinajstić information content (AvgIpc) is 2.84. The number of hydrogen-bond acceptors (Lipinski definition) is 3. The van der Waals surface area contributed by atoms with E-state index in [1.807, 2.05) is 4.90 Å². The number of amides is 1. The van der Waals surface area contributed by atoms with Gasteiger partial charge in [-0.25, -0.2) is 0 Å². The van der Waals surface area contributed by atoms with Crippen LogP contribution in [0.1, 0.15) is 13.3 Å². The second-order valence-corrected chi connectivity index (χ2v) is 4.67. The van der Waals surface area contributed by atoms with Crippen molar-refractivity contribution in [3.63, 3.8) is 0 Å². The van der Waals surface area contributed by atoms with Crippen molar-refractivity contribution in [3.8, 4) is 0 Å². The van der Waals surface area contributed by atoms with Gasteiger partial charge in [0, 0.05) is 26.7 Å². The molecule has 0 aliphatic carbocycles. The summed E-state index contributed by atoms with van der Waals surface area (Å²) in [6, 6.07) is 0. The fourth-order valence-electron chi connectivity index (χ4n) is 2.50. The minimum absolute atomic E-state index is 0.181. The topological polar surface area (TPSA) is 41.6 Å². The number of rotatable bonds is 2. The molecule has 2 aliphatic rings. The van der Waals surface area contributed by atoms with Crippen molar-refractivity contribution in [2.24, 2.45) is 11.8 Å². The molecule has 2 heterocycles. The maximum Gasteiger partial charge on any atom is 0.227 e. The molecule has 0 aromatic carbocycles. The van der Waals surface area contributed by atoms with Crippen LogP contribution in [0, 0.1) is 11.8 Å². The lowest BCUT2D eigenvalue weighted by atomic mass is 9.97. The Hall–Kier alpha value is -0.610. The van der Waals surface area contributed by atoms with Crippen molar-refractivity contribution in [2.45, 2.75) is 19.4 Å². The Morgan fingerprint density at radius 2 is 2.27 bits per heavy atom. The van der Waals surface area contributed by atoms with Crippen LogP contribution >= 0.6 is 0 Å². The largest absolute Gasteiger partial charge is 0.380 e. The first-order valence-electron chi connectivity index (χ1n) is 5.74. The summed E-state index contributed by atoms with van der Waals surface area (Å²) in [6.07, 6.45) is 1.23. The molecule has 0 aromatic rings. The van der Waals surface area contributed by atoms with E-state index in [4.69, 9.17) is 4.74 Å². The highest BCUT2D eigenvalue weighted by Gasteiger charge is 2.35. The Balaban J connectivity index is 1.91. The summed E-state index contributed by atoms with van der Waals surface area (Å²) in [5.74, 6) is 0.965. The number of nitrogens with zero attached hydrogens (tertiary/aromatic N) is 1. The van der Waals surface area contributed by atoms with Crippen LogP contribution in [0.25, 0.3) is 0 Å². The summed E-state index contributed by atoms with van der Waals surface area (Å²) < 4.78 is 5.27. The third-order valence-corrected chi connectivity index (χ3v) is 3.62. The van der Waals surface area contributed by atoms with Crippen LogP contribution in [-0.2, 0) is 9.53 Å². The molecule has 0 aromatic heterocycles. The molecule has 2 rings (SSSR count). The van der Waals surface area contributed by atoms with E-state index in [1.165, 1.54) is 0 Å². The summed E-state index contributed by atoms with van der Waals surface area (Å²) >= 11 is 0. The van der Waals surface area contributed by atoms with Gasteiger partial charge < -0.3 is 15.0 Å². The van der Waals surface area contributed by atoms with Crippen molar-refractivity contribution in [2.75, 3.05) is 33.3 Å². The van der Waals surface area contributed by atoms with Crippen molar-refractivity contribution in [3.05, 3.63) is 0 Å². The van der Waals surface area contributed by atoms with E-state index in [1.54, 1.807) is 7.11 Å². The van der Waals surface area contributed by atoms with Crippen LogP contribution in [0.3, 0.4) is 0 Å². The summed E-state index contributed by atoms with van der Waals surface area (Å²) in [7, 11) is 1.72. The van der Waals surface area contributed by atoms with Gasteiger partial charge in [-0.05, 0) is 18.9 Å². The Kier molecular flexibility index (Phi) is 3.26. The standard InChI is InChI=1S/C11H20N2O2/c1-8-5-12-6-10(8)11(14)13-4-3-9(7-13)15-2/h8-10,12H,3-7H2,1-2H3. The van der Waals surface area contributed by atoms with E-state index >= 15 is 0 Å². The Bertz CT molecular complexity index is 245. The monoisotopic (exact) mass is 212 g/mol. The van der Waals surface area contributed by atoms with Crippen molar-refractivity contribution in [1.29, 1.82) is 0 Å². The molecule has 3 unspecified atom stereocenters. The number of carbonyl (C=O) groups is 1. The van der Waals surface area contributed by atoms with Gasteiger partial charge in [0.1, 0.15) is 0 Å². The van der Waals surface area contributed by atoms with Gasteiger partial charge in [-0.1, -0.05) is 6.92 Å². The van der Waals surface area contributed by atoms with Crippen LogP contribution in [-0.4, -0.2) is 50.2 Å². The predicted octanol–water partition coefficient (Wildman–Crippen LogP) is 0.0892. The van der Waals surface area contributed by atoms with Crippen molar-refractivity contribution < 1.29 is 9.53 Å². The fraction of sp³-hybridized carbons (Fsp3) is 0.909. The van der Waals surface area contributed by atoms with Crippen molar-refractivity contribution >= 4 is 5.91 Å². The van der Waals surface area contributed by atoms with Gasteiger partial charge in [0.15, 0.2) is 0 Å². The highest BCUT2D eigenvalue weighted by Crippen LogP contribution is 2.22. The van der Waals surface area contributed by atoms with Crippen molar-refractivity contribution in [1.82, 2.24) is 10.2 Å². The zero-order valence-electron chi connectivity index (χ0n) is 9.53. The quantitative estimate of drug-likeness (QED) is 0.705. The molecule has 1 N–H and O–H groups in total. The van der Waals surface area contributed by atoms with Gasteiger partial charge in [0.05, 0.1) is 12.0 Å². The first-order valence-corrected chi connectivity index (χ1v) is 5.74. The molecule has 3 atom stereocenters. The van der Waals surface area contributed by atoms with E-state index in [0.29, 0.717) is 11.8 Å². The fourth-order valence-corrected chi connectivity index (χ4v) is 2.50. The van der Waals surface area contributed by atoms with Gasteiger partial charge in [-0.15, -0.1) is 0 Å². The van der Waals surface area contributed by atoms with Gasteiger partial charge in [-0.3, -0.25) is 4.79 Å². The van der Waals surface area contributed by atoms with Crippen LogP contribution in [0.5, 0.6) is 0 Å². The lowest BCUT2D eigenvalue weighted by molar-refractivity contribution is -0.135. The number of methoxy groups -OCH3 is 1. The molecule has 4 heteroatoms. The molecular formula is C11H20N2O2. The molecule has 0 saturated carbocycles. The van der Waals surface area contributed by atoms with Crippen LogP contribution in [0.2, 0.25) is 0 Å². The molecule has 1 amide bonds. The molecule has 0 bridgehead atoms. The minimum Gasteiger partial charge on any atom is -0.380 e. The summed E-state index contributed by atoms with van der Waals surface area (Å²) in [4.78, 5) is 14.1. The third-order valence-electron chi connectivity index (χ3n) is 3.62. The normalized spacial score (nSPS) is 36.1. The van der Waals surface area contributed by atoms with Gasteiger partial charge in [0.2, 0.25) is 5.91 Å². The number of nitrogens with one attached hydrogen (secondary N) is 1. The molecular weight excluding hydrogens is 192 g/mol. The first-order chi connectivity index (χ1) is 7.22. The van der Waals surface area contributed by atoms with Gasteiger partial charge in [-0.2, -0.15) is 0 Å². The molecule has 2 aliphatic heterocycles. The summed E-state index contributed by atoms with van der Waals surface area (Å²) in [5.41, 5.74) is 0. The van der Waals surface area contributed by atoms with E-state index in [0.717, 1.165) is 32.6 Å². The Morgan fingerprint density at radius 3 is 2.80 bits per heavy atom. The maximum atomic E-state index is 12.1. The zero-order valence-corrected chi connectivity index (χ0v) is 9.53. The second-order valence-electron chi connectivity index (χ2n) is 4.67. The van der Waals surface area contributed by atoms with Gasteiger partial charge >= 0.3 is 0 Å². The van der Waals surface area contributed by atoms with Crippen LogP contribution in [0.15, 0.2) is 0 Å². The Labute approximate surface area is 91.0 Å². The zero-order chi connectivity index (χ0) is 10.8. The number of carbonyl (C=O) groups excluding carboxylic acids is 1. The molecule has 2 saturated heterocycles. The molecule has 4 nitrogen and oxygen atoms in total. The molecule has 15 heavy (non-hydrogen) atoms. The van der Waals surface area contributed by atoms with Crippen LogP contribution in [0.4, 0.5) is 0 Å². The predicted molar refractivity (Wildman–Crippen MR) is 57.5 cm³/mol. The summed E-state index contributed by atoms with van der Waals surface area (Å²) in [5, 5.41) is 3.27. The first kappa shape index (κ1) is 10.9. The number of ether oxygens (including phenoxy) is 1. The molecule has 86 valence electrons.